The largest absolute Gasteiger partial charge is 0.507 e. The minimum absolute atomic E-state index is 0.0921. The summed E-state index contributed by atoms with van der Waals surface area (Å²) in [5.74, 6) is -0.985. The van der Waals surface area contributed by atoms with E-state index in [1.54, 1.807) is 17.0 Å². The van der Waals surface area contributed by atoms with Crippen LogP contribution < -0.4 is 0 Å². The second-order valence-electron chi connectivity index (χ2n) is 5.53. The Balaban J connectivity index is 1.94. The Bertz CT molecular complexity index is 541. The molecule has 1 aliphatic heterocycles. The van der Waals surface area contributed by atoms with Crippen LogP contribution in [0.4, 0.5) is 0 Å². The molecule has 5 nitrogen and oxygen atoms in total. The number of benzene rings is 1. The summed E-state index contributed by atoms with van der Waals surface area (Å²) in [5.41, 5.74) is 0.935. The number of rotatable bonds is 3. The lowest BCUT2D eigenvalue weighted by molar-refractivity contribution is -0.137. The van der Waals surface area contributed by atoms with Gasteiger partial charge >= 0.3 is 5.97 Å². The normalized spacial score (nSPS) is 18.4. The Labute approximate surface area is 124 Å². The van der Waals surface area contributed by atoms with Crippen molar-refractivity contribution in [2.24, 2.45) is 0 Å². The number of carbonyl (C=O) groups is 2. The van der Waals surface area contributed by atoms with Crippen molar-refractivity contribution in [2.45, 2.75) is 39.2 Å². The van der Waals surface area contributed by atoms with E-state index in [9.17, 15) is 14.7 Å². The molecule has 2 rings (SSSR count). The molecule has 1 saturated heterocycles. The maximum Gasteiger partial charge on any atom is 0.342 e. The van der Waals surface area contributed by atoms with Crippen LogP contribution in [0.1, 0.15) is 42.1 Å². The zero-order valence-electron chi connectivity index (χ0n) is 12.5. The Kier molecular flexibility index (Phi) is 4.83. The number of ether oxygens (including phenoxy) is 1. The molecule has 1 heterocycles. The highest BCUT2D eigenvalue weighted by atomic mass is 16.5. The highest BCUT2D eigenvalue weighted by molar-refractivity contribution is 5.94. The first-order valence-electron chi connectivity index (χ1n) is 7.25. The summed E-state index contributed by atoms with van der Waals surface area (Å²) in [4.78, 5) is 25.8. The molecule has 5 heteroatoms. The average molecular weight is 291 g/mol. The van der Waals surface area contributed by atoms with Crippen LogP contribution in [-0.2, 0) is 9.53 Å². The lowest BCUT2D eigenvalue weighted by Gasteiger charge is -2.33. The third-order valence-corrected chi connectivity index (χ3v) is 3.82. The molecule has 0 bridgehead atoms. The smallest absolute Gasteiger partial charge is 0.342 e. The Hall–Kier alpha value is -2.04. The van der Waals surface area contributed by atoms with Gasteiger partial charge in [-0.15, -0.1) is 0 Å². The molecule has 0 aromatic heterocycles. The summed E-state index contributed by atoms with van der Waals surface area (Å²) >= 11 is 0. The van der Waals surface area contributed by atoms with E-state index in [1.165, 1.54) is 6.07 Å². The first-order valence-corrected chi connectivity index (χ1v) is 7.25. The first kappa shape index (κ1) is 15.4. The van der Waals surface area contributed by atoms with E-state index in [2.05, 4.69) is 0 Å². The number of carbonyl (C=O) groups excluding carboxylic acids is 2. The molecule has 114 valence electrons. The Morgan fingerprint density at radius 3 is 2.86 bits per heavy atom. The zero-order chi connectivity index (χ0) is 15.4. The van der Waals surface area contributed by atoms with Crippen molar-refractivity contribution in [3.05, 3.63) is 29.3 Å². The fourth-order valence-corrected chi connectivity index (χ4v) is 2.57. The SMILES string of the molecule is Cc1ccc(O)c(C(=O)OCC(=O)N2CCCC[C@@H]2C)c1. The summed E-state index contributed by atoms with van der Waals surface area (Å²) in [6.45, 7) is 4.26. The standard InChI is InChI=1S/C16H21NO4/c1-11-6-7-14(18)13(9-11)16(20)21-10-15(19)17-8-4-3-5-12(17)2/h6-7,9,12,18H,3-5,8,10H2,1-2H3/t12-/m0/s1. The predicted octanol–water partition coefficient (Wildman–Crippen LogP) is 2.26. The molecule has 0 unspecified atom stereocenters. The number of hydrogen-bond acceptors (Lipinski definition) is 4. The van der Waals surface area contributed by atoms with Gasteiger partial charge in [-0.2, -0.15) is 0 Å². The molecule has 0 spiro atoms. The van der Waals surface area contributed by atoms with Crippen molar-refractivity contribution in [3.8, 4) is 5.75 Å². The van der Waals surface area contributed by atoms with Crippen LogP contribution in [0.5, 0.6) is 5.75 Å². The quantitative estimate of drug-likeness (QED) is 0.867. The molecular formula is C16H21NO4. The maximum absolute atomic E-state index is 12.1. The van der Waals surface area contributed by atoms with E-state index in [4.69, 9.17) is 4.74 Å². The molecule has 1 aliphatic rings. The first-order chi connectivity index (χ1) is 9.99. The number of phenolic OH excluding ortho intramolecular Hbond substituents is 1. The lowest BCUT2D eigenvalue weighted by Crippen LogP contribution is -2.44. The van der Waals surface area contributed by atoms with E-state index in [-0.39, 0.29) is 29.9 Å². The number of phenols is 1. The number of hydrogen-bond donors (Lipinski definition) is 1. The van der Waals surface area contributed by atoms with Gasteiger partial charge in [-0.25, -0.2) is 4.79 Å². The minimum Gasteiger partial charge on any atom is -0.507 e. The van der Waals surface area contributed by atoms with E-state index in [0.29, 0.717) is 6.54 Å². The van der Waals surface area contributed by atoms with E-state index in [1.807, 2.05) is 13.8 Å². The van der Waals surface area contributed by atoms with Crippen LogP contribution >= 0.6 is 0 Å². The van der Waals surface area contributed by atoms with Gasteiger partial charge in [0.05, 0.1) is 0 Å². The summed E-state index contributed by atoms with van der Waals surface area (Å²) < 4.78 is 5.04. The number of likely N-dealkylation sites (tertiary alicyclic amines) is 1. The van der Waals surface area contributed by atoms with Gasteiger partial charge in [0.2, 0.25) is 0 Å². The average Bonchev–Trinajstić information content (AvgIpc) is 2.47. The molecule has 1 atom stereocenters. The van der Waals surface area contributed by atoms with E-state index >= 15 is 0 Å². The van der Waals surface area contributed by atoms with Gasteiger partial charge in [0.15, 0.2) is 6.61 Å². The molecule has 0 aliphatic carbocycles. The van der Waals surface area contributed by atoms with Gasteiger partial charge in [0.1, 0.15) is 11.3 Å². The highest BCUT2D eigenvalue weighted by Gasteiger charge is 2.24. The summed E-state index contributed by atoms with van der Waals surface area (Å²) in [6, 6.07) is 4.89. The van der Waals surface area contributed by atoms with Crippen molar-refractivity contribution < 1.29 is 19.4 Å². The van der Waals surface area contributed by atoms with Gasteiger partial charge < -0.3 is 14.7 Å². The van der Waals surface area contributed by atoms with Crippen LogP contribution in [-0.4, -0.2) is 41.1 Å². The summed E-state index contributed by atoms with van der Waals surface area (Å²) in [7, 11) is 0. The van der Waals surface area contributed by atoms with Crippen molar-refractivity contribution in [1.82, 2.24) is 4.90 Å². The third-order valence-electron chi connectivity index (χ3n) is 3.82. The highest BCUT2D eigenvalue weighted by Crippen LogP contribution is 2.20. The number of piperidine rings is 1. The second-order valence-corrected chi connectivity index (χ2v) is 5.53. The monoisotopic (exact) mass is 291 g/mol. The molecule has 1 fully saturated rings. The molecule has 0 radical (unpaired) electrons. The maximum atomic E-state index is 12.1. The topological polar surface area (TPSA) is 66.8 Å². The third kappa shape index (κ3) is 3.74. The molecule has 21 heavy (non-hydrogen) atoms. The van der Waals surface area contributed by atoms with Crippen LogP contribution in [0.25, 0.3) is 0 Å². The van der Waals surface area contributed by atoms with Crippen LogP contribution in [0.15, 0.2) is 18.2 Å². The van der Waals surface area contributed by atoms with Gasteiger partial charge in [-0.05, 0) is 45.2 Å². The number of nitrogens with zero attached hydrogens (tertiary/aromatic N) is 1. The molecule has 1 amide bonds. The summed E-state index contributed by atoms with van der Waals surface area (Å²) in [5, 5.41) is 9.67. The Morgan fingerprint density at radius 2 is 2.14 bits per heavy atom. The number of aryl methyl sites for hydroxylation is 1. The van der Waals surface area contributed by atoms with Crippen LogP contribution in [0, 0.1) is 6.92 Å². The molecule has 1 N–H and O–H groups in total. The Morgan fingerprint density at radius 1 is 1.38 bits per heavy atom. The van der Waals surface area contributed by atoms with E-state index in [0.717, 1.165) is 24.8 Å². The van der Waals surface area contributed by atoms with Gasteiger partial charge in [0.25, 0.3) is 5.91 Å². The zero-order valence-corrected chi connectivity index (χ0v) is 12.5. The van der Waals surface area contributed by atoms with Gasteiger partial charge in [-0.1, -0.05) is 11.6 Å². The predicted molar refractivity (Wildman–Crippen MR) is 78.2 cm³/mol. The van der Waals surface area contributed by atoms with Crippen molar-refractivity contribution in [1.29, 1.82) is 0 Å². The van der Waals surface area contributed by atoms with Gasteiger partial charge in [-0.3, -0.25) is 4.79 Å². The summed E-state index contributed by atoms with van der Waals surface area (Å²) in [6.07, 6.45) is 3.10. The van der Waals surface area contributed by atoms with Crippen LogP contribution in [0.2, 0.25) is 0 Å². The fourth-order valence-electron chi connectivity index (χ4n) is 2.57. The molecular weight excluding hydrogens is 270 g/mol. The number of esters is 1. The molecule has 0 saturated carbocycles. The molecule has 1 aromatic rings. The van der Waals surface area contributed by atoms with Gasteiger partial charge in [0, 0.05) is 12.6 Å². The van der Waals surface area contributed by atoms with E-state index < -0.39 is 5.97 Å². The minimum atomic E-state index is -0.672. The van der Waals surface area contributed by atoms with Crippen molar-refractivity contribution in [3.63, 3.8) is 0 Å². The molecule has 1 aromatic carbocycles. The van der Waals surface area contributed by atoms with Crippen LogP contribution in [0.3, 0.4) is 0 Å². The number of aromatic hydroxyl groups is 1. The fraction of sp³-hybridized carbons (Fsp3) is 0.500. The second kappa shape index (κ2) is 6.61. The lowest BCUT2D eigenvalue weighted by atomic mass is 10.0. The van der Waals surface area contributed by atoms with Crippen molar-refractivity contribution >= 4 is 11.9 Å². The van der Waals surface area contributed by atoms with Crippen molar-refractivity contribution in [2.75, 3.05) is 13.2 Å². The number of amides is 1.